The molecule has 2 aromatic rings. The summed E-state index contributed by atoms with van der Waals surface area (Å²) >= 11 is 0. The lowest BCUT2D eigenvalue weighted by molar-refractivity contribution is -0.274. The summed E-state index contributed by atoms with van der Waals surface area (Å²) in [6, 6.07) is 8.08. The van der Waals surface area contributed by atoms with Gasteiger partial charge in [0.2, 0.25) is 10.0 Å². The second-order valence-corrected chi connectivity index (χ2v) is 7.90. The average molecular weight is 419 g/mol. The second kappa shape index (κ2) is 7.69. The van der Waals surface area contributed by atoms with Gasteiger partial charge in [-0.2, -0.15) is 0 Å². The monoisotopic (exact) mass is 419 g/mol. The number of rotatable bonds is 5. The summed E-state index contributed by atoms with van der Waals surface area (Å²) < 4.78 is 85.0. The van der Waals surface area contributed by atoms with E-state index in [1.807, 2.05) is 0 Å². The van der Waals surface area contributed by atoms with Crippen molar-refractivity contribution in [3.63, 3.8) is 0 Å². The van der Waals surface area contributed by atoms with Gasteiger partial charge < -0.3 is 9.47 Å². The number of primary sulfonamides is 1. The van der Waals surface area contributed by atoms with E-state index in [0.29, 0.717) is 25.0 Å². The van der Waals surface area contributed by atoms with Gasteiger partial charge >= 0.3 is 6.36 Å². The van der Waals surface area contributed by atoms with Crippen LogP contribution in [0.5, 0.6) is 5.75 Å². The zero-order valence-electron chi connectivity index (χ0n) is 14.4. The maximum Gasteiger partial charge on any atom is 0.573 e. The van der Waals surface area contributed by atoms with E-state index in [1.165, 1.54) is 24.3 Å². The van der Waals surface area contributed by atoms with Crippen LogP contribution >= 0.6 is 0 Å². The number of sulfonamides is 1. The van der Waals surface area contributed by atoms with E-state index in [4.69, 9.17) is 9.88 Å². The molecule has 1 saturated heterocycles. The smallest absolute Gasteiger partial charge is 0.406 e. The third-order valence-electron chi connectivity index (χ3n) is 4.42. The molecule has 0 unspecified atom stereocenters. The molecule has 2 atom stereocenters. The first-order valence-electron chi connectivity index (χ1n) is 8.34. The van der Waals surface area contributed by atoms with Crippen LogP contribution in [0.4, 0.5) is 17.6 Å². The zero-order valence-corrected chi connectivity index (χ0v) is 15.3. The molecule has 5 nitrogen and oxygen atoms in total. The molecule has 2 aromatic carbocycles. The molecule has 0 bridgehead atoms. The Morgan fingerprint density at radius 3 is 2.36 bits per heavy atom. The van der Waals surface area contributed by atoms with E-state index in [0.717, 1.165) is 18.2 Å². The summed E-state index contributed by atoms with van der Waals surface area (Å²) in [4.78, 5) is -0.341. The summed E-state index contributed by atoms with van der Waals surface area (Å²) in [7, 11) is -4.25. The molecule has 152 valence electrons. The lowest BCUT2D eigenvalue weighted by Gasteiger charge is -2.26. The first-order chi connectivity index (χ1) is 13.0. The topological polar surface area (TPSA) is 78.6 Å². The molecule has 1 aliphatic rings. The first kappa shape index (κ1) is 20.6. The zero-order chi connectivity index (χ0) is 20.5. The number of hydrogen-bond acceptors (Lipinski definition) is 4. The fourth-order valence-corrected chi connectivity index (χ4v) is 4.13. The number of hydrogen-bond donors (Lipinski definition) is 1. The Bertz CT molecular complexity index is 939. The lowest BCUT2D eigenvalue weighted by Crippen LogP contribution is -2.24. The number of nitrogens with two attached hydrogens (primary N) is 1. The van der Waals surface area contributed by atoms with E-state index < -0.39 is 40.0 Å². The van der Waals surface area contributed by atoms with Crippen LogP contribution < -0.4 is 9.88 Å². The molecule has 1 fully saturated rings. The number of benzene rings is 2. The Kier molecular flexibility index (Phi) is 5.64. The van der Waals surface area contributed by atoms with Gasteiger partial charge in [0.05, 0.1) is 11.0 Å². The molecule has 2 N–H and O–H groups in total. The highest BCUT2D eigenvalue weighted by Crippen LogP contribution is 2.39. The molecule has 0 spiro atoms. The van der Waals surface area contributed by atoms with Crippen molar-refractivity contribution in [3.05, 3.63) is 59.4 Å². The van der Waals surface area contributed by atoms with Crippen molar-refractivity contribution in [1.82, 2.24) is 0 Å². The predicted molar refractivity (Wildman–Crippen MR) is 91.7 cm³/mol. The largest absolute Gasteiger partial charge is 0.573 e. The fraction of sp³-hybridized carbons (Fsp3) is 0.333. The highest BCUT2D eigenvalue weighted by molar-refractivity contribution is 7.89. The van der Waals surface area contributed by atoms with Crippen LogP contribution in [0, 0.1) is 5.82 Å². The third kappa shape index (κ3) is 4.81. The quantitative estimate of drug-likeness (QED) is 0.750. The number of alkyl halides is 3. The molecule has 3 rings (SSSR count). The van der Waals surface area contributed by atoms with Crippen molar-refractivity contribution in [1.29, 1.82) is 0 Å². The van der Waals surface area contributed by atoms with Gasteiger partial charge in [-0.05, 0) is 54.3 Å². The van der Waals surface area contributed by atoms with Crippen LogP contribution in [-0.4, -0.2) is 27.5 Å². The van der Waals surface area contributed by atoms with Crippen LogP contribution in [0.2, 0.25) is 0 Å². The van der Waals surface area contributed by atoms with Gasteiger partial charge in [0.1, 0.15) is 11.6 Å². The summed E-state index contributed by atoms with van der Waals surface area (Å²) in [5.41, 5.74) is 0.491. The minimum absolute atomic E-state index is 0.00255. The number of halogens is 4. The van der Waals surface area contributed by atoms with Crippen LogP contribution in [-0.2, 0) is 14.8 Å². The van der Waals surface area contributed by atoms with Gasteiger partial charge in [-0.25, -0.2) is 17.9 Å². The summed E-state index contributed by atoms with van der Waals surface area (Å²) in [6.07, 6.45) is -4.20. The molecule has 0 aliphatic carbocycles. The van der Waals surface area contributed by atoms with Crippen molar-refractivity contribution >= 4 is 10.0 Å². The van der Waals surface area contributed by atoms with Crippen molar-refractivity contribution in [2.45, 2.75) is 36.1 Å². The Morgan fingerprint density at radius 2 is 1.82 bits per heavy atom. The van der Waals surface area contributed by atoms with Crippen molar-refractivity contribution in [2.75, 3.05) is 6.61 Å². The van der Waals surface area contributed by atoms with Crippen LogP contribution in [0.25, 0.3) is 0 Å². The highest BCUT2D eigenvalue weighted by Gasteiger charge is 2.35. The first-order valence-corrected chi connectivity index (χ1v) is 9.89. The molecule has 10 heteroatoms. The standard InChI is InChI=1S/C18H17F4NO4S/c19-12-5-3-11(4-6-12)17(15-2-1-9-26-15)14-10-13(27-18(20,21)22)7-8-16(14)28(23,24)25/h3-8,10,15,17H,1-2,9H2,(H2,23,24,25)/t15-,17-/m1/s1. The third-order valence-corrected chi connectivity index (χ3v) is 5.41. The van der Waals surface area contributed by atoms with Crippen molar-refractivity contribution in [2.24, 2.45) is 5.14 Å². The highest BCUT2D eigenvalue weighted by atomic mass is 32.2. The normalized spacial score (nSPS) is 18.8. The Balaban J connectivity index is 2.18. The minimum Gasteiger partial charge on any atom is -0.406 e. The SMILES string of the molecule is NS(=O)(=O)c1ccc(OC(F)(F)F)cc1[C@@H](c1ccc(F)cc1)[C@H]1CCCO1. The van der Waals surface area contributed by atoms with Gasteiger partial charge in [0.25, 0.3) is 0 Å². The van der Waals surface area contributed by atoms with E-state index in [-0.39, 0.29) is 10.5 Å². The molecule has 0 saturated carbocycles. The fourth-order valence-electron chi connectivity index (χ4n) is 3.36. The molecule has 1 aliphatic heterocycles. The summed E-state index contributed by atoms with van der Waals surface area (Å²) in [5, 5.41) is 5.28. The lowest BCUT2D eigenvalue weighted by atomic mass is 9.85. The molecule has 0 amide bonds. The molecule has 1 heterocycles. The molecule has 0 aromatic heterocycles. The molecular weight excluding hydrogens is 402 g/mol. The van der Waals surface area contributed by atoms with Gasteiger partial charge in [0, 0.05) is 12.5 Å². The van der Waals surface area contributed by atoms with E-state index in [1.54, 1.807) is 0 Å². The van der Waals surface area contributed by atoms with Gasteiger partial charge in [0.15, 0.2) is 0 Å². The van der Waals surface area contributed by atoms with Gasteiger partial charge in [-0.15, -0.1) is 13.2 Å². The summed E-state index contributed by atoms with van der Waals surface area (Å²) in [5.74, 6) is -1.86. The molecular formula is C18H17F4NO4S. The molecule has 28 heavy (non-hydrogen) atoms. The van der Waals surface area contributed by atoms with Crippen molar-refractivity contribution < 1.29 is 35.5 Å². The van der Waals surface area contributed by atoms with Gasteiger partial charge in [-0.1, -0.05) is 12.1 Å². The Hall–Kier alpha value is -2.17. The van der Waals surface area contributed by atoms with Crippen LogP contribution in [0.15, 0.2) is 47.4 Å². The maximum absolute atomic E-state index is 13.4. The van der Waals surface area contributed by atoms with Crippen LogP contribution in [0.1, 0.15) is 29.9 Å². The average Bonchev–Trinajstić information content (AvgIpc) is 3.08. The van der Waals surface area contributed by atoms with E-state index in [2.05, 4.69) is 4.74 Å². The Morgan fingerprint density at radius 1 is 1.14 bits per heavy atom. The number of ether oxygens (including phenoxy) is 2. The van der Waals surface area contributed by atoms with Crippen molar-refractivity contribution in [3.8, 4) is 5.75 Å². The van der Waals surface area contributed by atoms with E-state index >= 15 is 0 Å². The maximum atomic E-state index is 13.4. The Labute approximate surface area is 159 Å². The van der Waals surface area contributed by atoms with Gasteiger partial charge in [-0.3, -0.25) is 0 Å². The predicted octanol–water partition coefficient (Wildman–Crippen LogP) is 3.68. The van der Waals surface area contributed by atoms with Crippen LogP contribution in [0.3, 0.4) is 0 Å². The van der Waals surface area contributed by atoms with E-state index in [9.17, 15) is 26.0 Å². The minimum atomic E-state index is -4.95. The molecule has 0 radical (unpaired) electrons. The second-order valence-electron chi connectivity index (χ2n) is 6.37. The summed E-state index contributed by atoms with van der Waals surface area (Å²) in [6.45, 7) is 0.422.